The van der Waals surface area contributed by atoms with Gasteiger partial charge >= 0.3 is 10.1 Å². The molecule has 1 fully saturated rings. The monoisotopic (exact) mass is 388 g/mol. The van der Waals surface area contributed by atoms with Crippen LogP contribution in [0.5, 0.6) is 5.75 Å². The van der Waals surface area contributed by atoms with Gasteiger partial charge in [0.25, 0.3) is 0 Å². The zero-order valence-corrected chi connectivity index (χ0v) is 15.8. The zero-order chi connectivity index (χ0) is 19.0. The zero-order valence-electron chi connectivity index (χ0n) is 15.0. The summed E-state index contributed by atoms with van der Waals surface area (Å²) in [5, 5.41) is 0.950. The van der Waals surface area contributed by atoms with Crippen molar-refractivity contribution >= 4 is 21.0 Å². The van der Waals surface area contributed by atoms with E-state index in [-0.39, 0.29) is 5.75 Å². The minimum atomic E-state index is -4.23. The van der Waals surface area contributed by atoms with E-state index in [0.717, 1.165) is 42.9 Å². The highest BCUT2D eigenvalue weighted by atomic mass is 32.2. The highest BCUT2D eigenvalue weighted by Gasteiger charge is 2.23. The van der Waals surface area contributed by atoms with Crippen LogP contribution in [0.15, 0.2) is 53.6 Å². The van der Waals surface area contributed by atoms with Gasteiger partial charge in [-0.15, -0.1) is 0 Å². The lowest BCUT2D eigenvalue weighted by molar-refractivity contribution is 0.256. The Morgan fingerprint density at radius 2 is 1.89 bits per heavy atom. The Morgan fingerprint density at radius 1 is 1.15 bits per heavy atom. The van der Waals surface area contributed by atoms with Crippen molar-refractivity contribution in [3.8, 4) is 5.75 Å². The molecule has 27 heavy (non-hydrogen) atoms. The van der Waals surface area contributed by atoms with Crippen LogP contribution in [-0.4, -0.2) is 38.4 Å². The summed E-state index contributed by atoms with van der Waals surface area (Å²) in [5.74, 6) is -0.222. The SMILES string of the molecule is CN1CCC(c2c[nH]c3ccc(OS(=O)(=O)c4ccccc4F)cc23)CC1. The fourth-order valence-corrected chi connectivity index (χ4v) is 4.65. The number of nitrogens with zero attached hydrogens (tertiary/aromatic N) is 1. The predicted octanol–water partition coefficient (Wildman–Crippen LogP) is 3.88. The Bertz CT molecular complexity index is 1070. The van der Waals surface area contributed by atoms with Crippen molar-refractivity contribution in [2.24, 2.45) is 0 Å². The standard InChI is InChI=1S/C20H21FN2O3S/c1-23-10-8-14(9-11-23)17-13-22-19-7-6-15(12-16(17)19)26-27(24,25)20-5-3-2-4-18(20)21/h2-7,12-14,22H,8-11H2,1H3. The van der Waals surface area contributed by atoms with Gasteiger partial charge in [0.1, 0.15) is 16.5 Å². The molecule has 3 aromatic rings. The molecule has 0 amide bonds. The summed E-state index contributed by atoms with van der Waals surface area (Å²) in [4.78, 5) is 5.09. The number of nitrogens with one attached hydrogen (secondary N) is 1. The maximum absolute atomic E-state index is 13.9. The quantitative estimate of drug-likeness (QED) is 0.689. The lowest BCUT2D eigenvalue weighted by atomic mass is 9.89. The average Bonchev–Trinajstić information content (AvgIpc) is 3.05. The van der Waals surface area contributed by atoms with Gasteiger partial charge in [-0.05, 0) is 74.8 Å². The van der Waals surface area contributed by atoms with Crippen LogP contribution in [-0.2, 0) is 10.1 Å². The summed E-state index contributed by atoms with van der Waals surface area (Å²) in [6.07, 6.45) is 4.11. The smallest absolute Gasteiger partial charge is 0.342 e. The number of likely N-dealkylation sites (tertiary alicyclic amines) is 1. The highest BCUT2D eigenvalue weighted by molar-refractivity contribution is 7.87. The molecule has 0 bridgehead atoms. The second-order valence-electron chi connectivity index (χ2n) is 7.00. The van der Waals surface area contributed by atoms with Gasteiger partial charge < -0.3 is 14.1 Å². The summed E-state index contributed by atoms with van der Waals surface area (Å²) < 4.78 is 44.0. The molecule has 2 aromatic carbocycles. The predicted molar refractivity (Wildman–Crippen MR) is 102 cm³/mol. The molecular weight excluding hydrogens is 367 g/mol. The molecule has 0 unspecified atom stereocenters. The molecule has 1 aliphatic heterocycles. The van der Waals surface area contributed by atoms with E-state index >= 15 is 0 Å². The van der Waals surface area contributed by atoms with Crippen LogP contribution in [0.4, 0.5) is 4.39 Å². The molecule has 142 valence electrons. The number of H-pyrrole nitrogens is 1. The molecule has 0 radical (unpaired) electrons. The summed E-state index contributed by atoms with van der Waals surface area (Å²) >= 11 is 0. The second kappa shape index (κ2) is 6.98. The van der Waals surface area contributed by atoms with Gasteiger partial charge in [0, 0.05) is 17.1 Å². The van der Waals surface area contributed by atoms with Gasteiger partial charge in [-0.3, -0.25) is 0 Å². The first-order valence-electron chi connectivity index (χ1n) is 8.92. The van der Waals surface area contributed by atoms with Crippen molar-refractivity contribution in [1.29, 1.82) is 0 Å². The molecule has 1 saturated heterocycles. The summed E-state index contributed by atoms with van der Waals surface area (Å²) in [6.45, 7) is 2.07. The van der Waals surface area contributed by atoms with Crippen LogP contribution in [0.2, 0.25) is 0 Å². The van der Waals surface area contributed by atoms with Crippen LogP contribution in [0, 0.1) is 5.82 Å². The molecule has 0 spiro atoms. The van der Waals surface area contributed by atoms with E-state index < -0.39 is 20.8 Å². The molecule has 1 aromatic heterocycles. The van der Waals surface area contributed by atoms with E-state index in [4.69, 9.17) is 4.18 Å². The van der Waals surface area contributed by atoms with Crippen LogP contribution in [0.1, 0.15) is 24.3 Å². The summed E-state index contributed by atoms with van der Waals surface area (Å²) in [6, 6.07) is 10.3. The van der Waals surface area contributed by atoms with Crippen molar-refractivity contribution in [2.75, 3.05) is 20.1 Å². The number of aromatic amines is 1. The molecule has 2 heterocycles. The molecule has 0 atom stereocenters. The van der Waals surface area contributed by atoms with Crippen LogP contribution >= 0.6 is 0 Å². The maximum atomic E-state index is 13.9. The Hall–Kier alpha value is -2.38. The van der Waals surface area contributed by atoms with E-state index in [9.17, 15) is 12.8 Å². The van der Waals surface area contributed by atoms with Gasteiger partial charge in [0.2, 0.25) is 0 Å². The number of hydrogen-bond acceptors (Lipinski definition) is 4. The van der Waals surface area contributed by atoms with Crippen molar-refractivity contribution < 1.29 is 17.0 Å². The number of halogens is 1. The Labute approximate surface area is 157 Å². The molecular formula is C20H21FN2O3S. The van der Waals surface area contributed by atoms with E-state index in [1.54, 1.807) is 18.2 Å². The minimum absolute atomic E-state index is 0.180. The molecule has 7 heteroatoms. The van der Waals surface area contributed by atoms with Crippen molar-refractivity contribution in [1.82, 2.24) is 9.88 Å². The van der Waals surface area contributed by atoms with Crippen LogP contribution in [0.25, 0.3) is 10.9 Å². The minimum Gasteiger partial charge on any atom is -0.379 e. The molecule has 5 nitrogen and oxygen atoms in total. The van der Waals surface area contributed by atoms with Crippen molar-refractivity contribution in [3.63, 3.8) is 0 Å². The number of aromatic nitrogens is 1. The molecule has 1 aliphatic rings. The molecule has 0 saturated carbocycles. The fraction of sp³-hybridized carbons (Fsp3) is 0.300. The first-order valence-corrected chi connectivity index (χ1v) is 10.3. The highest BCUT2D eigenvalue weighted by Crippen LogP contribution is 2.35. The van der Waals surface area contributed by atoms with Crippen LogP contribution in [0.3, 0.4) is 0 Å². The normalized spacial score (nSPS) is 16.7. The number of hydrogen-bond donors (Lipinski definition) is 1. The molecule has 4 rings (SSSR count). The number of fused-ring (bicyclic) bond motifs is 1. The molecule has 0 aliphatic carbocycles. The third-order valence-corrected chi connectivity index (χ3v) is 6.44. The van der Waals surface area contributed by atoms with E-state index in [2.05, 4.69) is 16.9 Å². The fourth-order valence-electron chi connectivity index (χ4n) is 3.65. The lowest BCUT2D eigenvalue weighted by Gasteiger charge is -2.28. The Morgan fingerprint density at radius 3 is 2.63 bits per heavy atom. The van der Waals surface area contributed by atoms with Gasteiger partial charge in [-0.25, -0.2) is 4.39 Å². The van der Waals surface area contributed by atoms with Gasteiger partial charge in [-0.1, -0.05) is 12.1 Å². The average molecular weight is 388 g/mol. The Kier molecular flexibility index (Phi) is 4.65. The van der Waals surface area contributed by atoms with Crippen molar-refractivity contribution in [3.05, 3.63) is 60.0 Å². The third-order valence-electron chi connectivity index (χ3n) is 5.16. The molecule has 1 N–H and O–H groups in total. The van der Waals surface area contributed by atoms with E-state index in [0.29, 0.717) is 5.92 Å². The second-order valence-corrected chi connectivity index (χ2v) is 8.51. The number of piperidine rings is 1. The van der Waals surface area contributed by atoms with E-state index in [1.807, 2.05) is 6.20 Å². The number of benzene rings is 2. The first kappa shape index (κ1) is 18.0. The summed E-state index contributed by atoms with van der Waals surface area (Å²) in [5.41, 5.74) is 2.10. The topological polar surface area (TPSA) is 62.4 Å². The van der Waals surface area contributed by atoms with Gasteiger partial charge in [0.05, 0.1) is 0 Å². The van der Waals surface area contributed by atoms with E-state index in [1.165, 1.54) is 23.8 Å². The van der Waals surface area contributed by atoms with Crippen molar-refractivity contribution in [2.45, 2.75) is 23.7 Å². The largest absolute Gasteiger partial charge is 0.379 e. The lowest BCUT2D eigenvalue weighted by Crippen LogP contribution is -2.29. The maximum Gasteiger partial charge on any atom is 0.342 e. The first-order chi connectivity index (χ1) is 12.9. The van der Waals surface area contributed by atoms with Crippen LogP contribution < -0.4 is 4.18 Å². The number of rotatable bonds is 4. The Balaban J connectivity index is 1.65. The third kappa shape index (κ3) is 3.57. The summed E-state index contributed by atoms with van der Waals surface area (Å²) in [7, 11) is -2.12. The van der Waals surface area contributed by atoms with Gasteiger partial charge in [-0.2, -0.15) is 8.42 Å². The van der Waals surface area contributed by atoms with Gasteiger partial charge in [0.15, 0.2) is 0 Å².